The van der Waals surface area contributed by atoms with Crippen LogP contribution in [0.1, 0.15) is 33.6 Å². The molecule has 2 aromatic heterocycles. The Morgan fingerprint density at radius 2 is 1.69 bits per heavy atom. The van der Waals surface area contributed by atoms with Gasteiger partial charge < -0.3 is 50.9 Å². The first-order valence-electron chi connectivity index (χ1n) is 18.1. The molecule has 3 heterocycles. The van der Waals surface area contributed by atoms with Crippen LogP contribution in [0.25, 0.3) is 11.2 Å². The van der Waals surface area contributed by atoms with Gasteiger partial charge in [0.05, 0.1) is 31.7 Å². The number of phosphoric ester groups is 3. The van der Waals surface area contributed by atoms with Crippen molar-refractivity contribution in [3.63, 3.8) is 0 Å². The molecule has 1 saturated heterocycles. The summed E-state index contributed by atoms with van der Waals surface area (Å²) in [5.41, 5.74) is 2.25. The van der Waals surface area contributed by atoms with Gasteiger partial charge in [0.1, 0.15) is 36.3 Å². The standard InChI is InChI=1S/C32H46N7O18P3S2/c1-31(2,27(44)30(45)35-10-9-22(41)34-11-12-61-23(42)13-19(40)15-62-20-7-5-4-6-8-20)16-54-60(51,52)57-59(49,50)53-14-21-25(56-58(46,47)48)26(43)32(3,55-21)39-18-38-24-28(33)36-17-37-29(24)39/h4-8,17-18,21,25-27,43-44H,9-16H2,1-3H3,(H,34,41)(H,35,45)(H,49,50)(H,51,52)(H2,33,36,37)(H2,46,47,48). The highest BCUT2D eigenvalue weighted by molar-refractivity contribution is 8.13. The summed E-state index contributed by atoms with van der Waals surface area (Å²) in [5.74, 6) is -1.45. The van der Waals surface area contributed by atoms with E-state index in [1.165, 1.54) is 32.5 Å². The number of rotatable bonds is 24. The zero-order valence-electron chi connectivity index (χ0n) is 33.1. The molecule has 1 aliphatic rings. The number of nitrogens with two attached hydrogens (primary N) is 1. The summed E-state index contributed by atoms with van der Waals surface area (Å²) in [7, 11) is -16.5. The van der Waals surface area contributed by atoms with Crippen LogP contribution in [0.2, 0.25) is 0 Å². The lowest BCUT2D eigenvalue weighted by atomic mass is 9.87. The minimum Gasteiger partial charge on any atom is -0.385 e. The monoisotopic (exact) mass is 973 g/mol. The Hall–Kier alpha value is -3.20. The fraction of sp³-hybridized carbons (Fsp3) is 0.531. The molecule has 2 amide bonds. The molecule has 344 valence electrons. The quantitative estimate of drug-likeness (QED) is 0.0257. The van der Waals surface area contributed by atoms with Crippen LogP contribution in [0.5, 0.6) is 0 Å². The van der Waals surface area contributed by atoms with Gasteiger partial charge in [0, 0.05) is 35.6 Å². The number of phosphoric acid groups is 3. The van der Waals surface area contributed by atoms with Gasteiger partial charge in [0.15, 0.2) is 28.1 Å². The highest BCUT2D eigenvalue weighted by atomic mass is 32.2. The third-order valence-electron chi connectivity index (χ3n) is 8.74. The summed E-state index contributed by atoms with van der Waals surface area (Å²) in [6.07, 6.45) is -5.88. The third kappa shape index (κ3) is 14.9. The third-order valence-corrected chi connectivity index (χ3v) is 13.8. The maximum absolute atomic E-state index is 12.8. The van der Waals surface area contributed by atoms with Crippen molar-refractivity contribution in [2.45, 2.75) is 68.6 Å². The number of hydrogen-bond donors (Lipinski definition) is 9. The van der Waals surface area contributed by atoms with Gasteiger partial charge in [0.25, 0.3) is 0 Å². The number of nitrogen functional groups attached to an aromatic ring is 1. The fourth-order valence-electron chi connectivity index (χ4n) is 5.55. The number of carbonyl (C=O) groups excluding carboxylic acids is 4. The van der Waals surface area contributed by atoms with Gasteiger partial charge in [-0.2, -0.15) is 4.31 Å². The first-order valence-corrected chi connectivity index (χ1v) is 24.6. The maximum atomic E-state index is 12.8. The number of aliphatic hydroxyl groups excluding tert-OH is 2. The molecule has 0 aliphatic carbocycles. The molecular formula is C32H46N7O18P3S2. The average Bonchev–Trinajstić information content (AvgIpc) is 3.73. The van der Waals surface area contributed by atoms with Crippen molar-refractivity contribution in [2.75, 3.05) is 43.5 Å². The molecule has 0 bridgehead atoms. The van der Waals surface area contributed by atoms with E-state index in [-0.39, 0.29) is 65.3 Å². The van der Waals surface area contributed by atoms with Crippen LogP contribution in [0.3, 0.4) is 0 Å². The van der Waals surface area contributed by atoms with E-state index in [0.29, 0.717) is 0 Å². The number of carbonyl (C=O) groups is 4. The van der Waals surface area contributed by atoms with Gasteiger partial charge in [-0.05, 0) is 19.1 Å². The molecule has 1 fully saturated rings. The minimum absolute atomic E-state index is 0.0111. The molecule has 3 aromatic rings. The van der Waals surface area contributed by atoms with E-state index >= 15 is 0 Å². The zero-order chi connectivity index (χ0) is 46.1. The highest BCUT2D eigenvalue weighted by Gasteiger charge is 2.57. The van der Waals surface area contributed by atoms with Gasteiger partial charge in [-0.15, -0.1) is 11.8 Å². The minimum atomic E-state index is -5.61. The van der Waals surface area contributed by atoms with E-state index in [2.05, 4.69) is 29.9 Å². The summed E-state index contributed by atoms with van der Waals surface area (Å²) >= 11 is 2.21. The first kappa shape index (κ1) is 51.4. The van der Waals surface area contributed by atoms with Crippen molar-refractivity contribution in [1.82, 2.24) is 30.2 Å². The Bertz CT molecular complexity index is 2220. The molecule has 30 heteroatoms. The number of ketones is 1. The van der Waals surface area contributed by atoms with E-state index in [1.807, 2.05) is 30.3 Å². The second kappa shape index (κ2) is 21.7. The summed E-state index contributed by atoms with van der Waals surface area (Å²) in [4.78, 5) is 101. The van der Waals surface area contributed by atoms with Gasteiger partial charge in [-0.1, -0.05) is 43.8 Å². The van der Waals surface area contributed by atoms with Crippen LogP contribution in [0.15, 0.2) is 47.9 Å². The Morgan fingerprint density at radius 1 is 1.02 bits per heavy atom. The number of nitrogens with zero attached hydrogens (tertiary/aromatic N) is 4. The number of fused-ring (bicyclic) bond motifs is 1. The zero-order valence-corrected chi connectivity index (χ0v) is 37.4. The lowest BCUT2D eigenvalue weighted by Gasteiger charge is -2.30. The summed E-state index contributed by atoms with van der Waals surface area (Å²) in [6, 6.07) is 9.24. The smallest absolute Gasteiger partial charge is 0.385 e. The lowest BCUT2D eigenvalue weighted by molar-refractivity contribution is -0.137. The molecule has 4 rings (SSSR count). The number of nitrogens with one attached hydrogen (secondary N) is 2. The topological polar surface area (TPSA) is 381 Å². The summed E-state index contributed by atoms with van der Waals surface area (Å²) < 4.78 is 62.8. The first-order chi connectivity index (χ1) is 28.8. The van der Waals surface area contributed by atoms with E-state index in [9.17, 15) is 62.7 Å². The fourth-order valence-corrected chi connectivity index (χ4v) is 9.85. The van der Waals surface area contributed by atoms with E-state index < -0.39 is 84.1 Å². The molecule has 0 spiro atoms. The van der Waals surface area contributed by atoms with Crippen molar-refractivity contribution in [2.24, 2.45) is 5.41 Å². The van der Waals surface area contributed by atoms with Gasteiger partial charge in [-0.3, -0.25) is 37.3 Å². The number of anilines is 1. The lowest BCUT2D eigenvalue weighted by Crippen LogP contribution is -2.46. The predicted molar refractivity (Wildman–Crippen MR) is 218 cm³/mol. The van der Waals surface area contributed by atoms with E-state index in [4.69, 9.17) is 24.0 Å². The number of Topliss-reactive ketones (excluding diaryl/α,β-unsaturated/α-hetero) is 1. The molecule has 0 radical (unpaired) electrons. The highest BCUT2D eigenvalue weighted by Crippen LogP contribution is 2.61. The second-order valence-electron chi connectivity index (χ2n) is 14.2. The number of hydrogen-bond acceptors (Lipinski definition) is 20. The molecule has 1 aromatic carbocycles. The molecule has 62 heavy (non-hydrogen) atoms. The predicted octanol–water partition coefficient (Wildman–Crippen LogP) is 0.590. The van der Waals surface area contributed by atoms with Crippen molar-refractivity contribution in [3.8, 4) is 0 Å². The second-order valence-corrected chi connectivity index (χ2v) is 20.6. The van der Waals surface area contributed by atoms with E-state index in [1.54, 1.807) is 0 Å². The number of thioether (sulfide) groups is 2. The molecular weight excluding hydrogens is 927 g/mol. The molecule has 0 saturated carbocycles. The number of amides is 2. The number of ether oxygens (including phenoxy) is 1. The van der Waals surface area contributed by atoms with Crippen LogP contribution >= 0.6 is 47.0 Å². The largest absolute Gasteiger partial charge is 0.481 e. The number of aliphatic hydroxyl groups is 2. The van der Waals surface area contributed by atoms with Crippen LogP contribution in [-0.2, 0) is 61.2 Å². The summed E-state index contributed by atoms with van der Waals surface area (Å²) in [6.45, 7) is 1.49. The number of aromatic nitrogens is 4. The molecule has 7 unspecified atom stereocenters. The van der Waals surface area contributed by atoms with Gasteiger partial charge in [0.2, 0.25) is 11.8 Å². The van der Waals surface area contributed by atoms with Gasteiger partial charge >= 0.3 is 23.5 Å². The molecule has 1 aliphatic heterocycles. The normalized spacial score (nSPS) is 21.8. The Balaban J connectivity index is 1.19. The van der Waals surface area contributed by atoms with Crippen LogP contribution in [0.4, 0.5) is 5.82 Å². The Kier molecular flexibility index (Phi) is 18.0. The van der Waals surface area contributed by atoms with Crippen LogP contribution in [-0.4, -0.2) is 134 Å². The average molecular weight is 974 g/mol. The number of imidazole rings is 1. The van der Waals surface area contributed by atoms with Crippen molar-refractivity contribution < 1.29 is 85.3 Å². The van der Waals surface area contributed by atoms with Crippen molar-refractivity contribution in [3.05, 3.63) is 43.0 Å². The number of benzene rings is 1. The van der Waals surface area contributed by atoms with Gasteiger partial charge in [-0.25, -0.2) is 28.6 Å². The van der Waals surface area contributed by atoms with E-state index in [0.717, 1.165) is 33.9 Å². The van der Waals surface area contributed by atoms with Crippen molar-refractivity contribution in [1.29, 1.82) is 0 Å². The van der Waals surface area contributed by atoms with Crippen molar-refractivity contribution >= 4 is 86.7 Å². The molecule has 25 nitrogen and oxygen atoms in total. The SMILES string of the molecule is CC(C)(COP(=O)(O)OP(=O)(O)OCC1OC(C)(n2cnc3c(N)ncnc32)C(O)C1OP(=O)(O)O)C(O)C(=O)NCCC(=O)NCCSC(=O)CC(=O)CSc1ccccc1. The molecule has 7 atom stereocenters. The Morgan fingerprint density at radius 3 is 2.37 bits per heavy atom. The summed E-state index contributed by atoms with van der Waals surface area (Å²) in [5, 5.41) is 26.3. The van der Waals surface area contributed by atoms with Crippen LogP contribution in [0, 0.1) is 5.41 Å². The van der Waals surface area contributed by atoms with Crippen LogP contribution < -0.4 is 16.4 Å². The Labute approximate surface area is 361 Å². The molecule has 10 N–H and O–H groups in total. The maximum Gasteiger partial charge on any atom is 0.481 e.